The topological polar surface area (TPSA) is 45.7 Å². The first-order valence-electron chi connectivity index (χ1n) is 6.60. The summed E-state index contributed by atoms with van der Waals surface area (Å²) in [6.07, 6.45) is 1.80. The monoisotopic (exact) mass is 263 g/mol. The molecule has 1 aliphatic rings. The van der Waals surface area contributed by atoms with Crippen molar-refractivity contribution in [3.05, 3.63) is 29.6 Å². The number of amides is 1. The number of nitrogens with zero attached hydrogens (tertiary/aromatic N) is 3. The van der Waals surface area contributed by atoms with Crippen LogP contribution in [0.1, 0.15) is 11.3 Å². The molecule has 0 unspecified atom stereocenters. The summed E-state index contributed by atoms with van der Waals surface area (Å²) < 4.78 is 5.02. The first kappa shape index (κ1) is 14.0. The van der Waals surface area contributed by atoms with Crippen LogP contribution in [0.25, 0.3) is 0 Å². The molecule has 1 aromatic heterocycles. The summed E-state index contributed by atoms with van der Waals surface area (Å²) in [5.41, 5.74) is 2.23. The maximum Gasteiger partial charge on any atom is 0.236 e. The second-order valence-corrected chi connectivity index (χ2v) is 4.83. The maximum atomic E-state index is 12.0. The Bertz CT molecular complexity index is 436. The minimum atomic E-state index is 0.185. The van der Waals surface area contributed by atoms with E-state index in [-0.39, 0.29) is 5.91 Å². The average Bonchev–Trinajstić information content (AvgIpc) is 2.40. The number of carbonyl (C=O) groups is 1. The van der Waals surface area contributed by atoms with Crippen molar-refractivity contribution in [1.82, 2.24) is 14.8 Å². The summed E-state index contributed by atoms with van der Waals surface area (Å²) in [7, 11) is 1.66. The maximum absolute atomic E-state index is 12.0. The van der Waals surface area contributed by atoms with Gasteiger partial charge in [0, 0.05) is 45.2 Å². The Morgan fingerprint density at radius 2 is 2.26 bits per heavy atom. The zero-order valence-corrected chi connectivity index (χ0v) is 11.6. The highest BCUT2D eigenvalue weighted by molar-refractivity contribution is 5.79. The lowest BCUT2D eigenvalue weighted by Gasteiger charge is -2.34. The van der Waals surface area contributed by atoms with Gasteiger partial charge in [-0.15, -0.1) is 0 Å². The first-order chi connectivity index (χ1) is 9.20. The van der Waals surface area contributed by atoms with E-state index in [4.69, 9.17) is 4.74 Å². The largest absolute Gasteiger partial charge is 0.383 e. The van der Waals surface area contributed by atoms with Crippen molar-refractivity contribution in [3.8, 4) is 0 Å². The summed E-state index contributed by atoms with van der Waals surface area (Å²) in [5, 5.41) is 0. The highest BCUT2D eigenvalue weighted by atomic mass is 16.5. The van der Waals surface area contributed by atoms with Gasteiger partial charge in [-0.05, 0) is 18.6 Å². The lowest BCUT2D eigenvalue weighted by atomic mass is 10.2. The normalized spacial score (nSPS) is 16.9. The highest BCUT2D eigenvalue weighted by Crippen LogP contribution is 2.11. The van der Waals surface area contributed by atoms with Crippen LogP contribution >= 0.6 is 0 Å². The third-order valence-corrected chi connectivity index (χ3v) is 3.47. The Morgan fingerprint density at radius 1 is 1.42 bits per heavy atom. The van der Waals surface area contributed by atoms with Gasteiger partial charge in [-0.25, -0.2) is 0 Å². The molecular weight excluding hydrogens is 242 g/mol. The van der Waals surface area contributed by atoms with Gasteiger partial charge in [0.1, 0.15) is 0 Å². The fraction of sp³-hybridized carbons (Fsp3) is 0.571. The Labute approximate surface area is 114 Å². The van der Waals surface area contributed by atoms with Gasteiger partial charge in [0.2, 0.25) is 5.91 Å². The standard InChI is InChI=1S/C14H21N3O2/c1-12-13(4-3-5-15-12)10-16-6-7-17(8-9-19-2)14(18)11-16/h3-5H,6-11H2,1-2H3. The summed E-state index contributed by atoms with van der Waals surface area (Å²) in [6, 6.07) is 4.02. The van der Waals surface area contributed by atoms with Gasteiger partial charge >= 0.3 is 0 Å². The third kappa shape index (κ3) is 3.75. The number of piperazine rings is 1. The smallest absolute Gasteiger partial charge is 0.236 e. The van der Waals surface area contributed by atoms with Crippen LogP contribution in [0.5, 0.6) is 0 Å². The number of aromatic nitrogens is 1. The van der Waals surface area contributed by atoms with E-state index in [0.29, 0.717) is 19.7 Å². The summed E-state index contributed by atoms with van der Waals surface area (Å²) >= 11 is 0. The lowest BCUT2D eigenvalue weighted by molar-refractivity contribution is -0.136. The SMILES string of the molecule is COCCN1CCN(Cc2cccnc2C)CC1=O. The Morgan fingerprint density at radius 3 is 2.95 bits per heavy atom. The van der Waals surface area contributed by atoms with Crippen LogP contribution in [0.2, 0.25) is 0 Å². The van der Waals surface area contributed by atoms with Gasteiger partial charge in [-0.1, -0.05) is 6.07 Å². The quantitative estimate of drug-likeness (QED) is 0.784. The summed E-state index contributed by atoms with van der Waals surface area (Å²) in [4.78, 5) is 20.3. The molecule has 1 saturated heterocycles. The average molecular weight is 263 g/mol. The van der Waals surface area contributed by atoms with Crippen molar-refractivity contribution >= 4 is 5.91 Å². The number of hydrogen-bond donors (Lipinski definition) is 0. The highest BCUT2D eigenvalue weighted by Gasteiger charge is 2.23. The van der Waals surface area contributed by atoms with E-state index < -0.39 is 0 Å². The molecule has 0 saturated carbocycles. The lowest BCUT2D eigenvalue weighted by Crippen LogP contribution is -2.50. The van der Waals surface area contributed by atoms with Gasteiger partial charge in [0.05, 0.1) is 13.2 Å². The molecule has 2 rings (SSSR count). The molecule has 104 valence electrons. The molecule has 1 amide bonds. The van der Waals surface area contributed by atoms with E-state index in [9.17, 15) is 4.79 Å². The van der Waals surface area contributed by atoms with Crippen molar-refractivity contribution in [2.24, 2.45) is 0 Å². The van der Waals surface area contributed by atoms with Crippen molar-refractivity contribution in [3.63, 3.8) is 0 Å². The summed E-state index contributed by atoms with van der Waals surface area (Å²) in [6.45, 7) is 6.27. The number of pyridine rings is 1. The molecule has 0 aliphatic carbocycles. The predicted molar refractivity (Wildman–Crippen MR) is 72.7 cm³/mol. The molecule has 5 nitrogen and oxygen atoms in total. The Hall–Kier alpha value is -1.46. The van der Waals surface area contributed by atoms with Crippen molar-refractivity contribution in [2.75, 3.05) is 39.9 Å². The third-order valence-electron chi connectivity index (χ3n) is 3.47. The zero-order chi connectivity index (χ0) is 13.7. The number of carbonyl (C=O) groups excluding carboxylic acids is 1. The van der Waals surface area contributed by atoms with Gasteiger partial charge in [-0.3, -0.25) is 14.7 Å². The zero-order valence-electron chi connectivity index (χ0n) is 11.6. The molecule has 2 heterocycles. The molecule has 1 fully saturated rings. The molecule has 1 aliphatic heterocycles. The summed E-state index contributed by atoms with van der Waals surface area (Å²) in [5.74, 6) is 0.185. The van der Waals surface area contributed by atoms with E-state index in [1.165, 1.54) is 5.56 Å². The van der Waals surface area contributed by atoms with Crippen LogP contribution in [-0.4, -0.2) is 60.6 Å². The van der Waals surface area contributed by atoms with Crippen molar-refractivity contribution in [1.29, 1.82) is 0 Å². The van der Waals surface area contributed by atoms with Gasteiger partial charge in [0.15, 0.2) is 0 Å². The number of ether oxygens (including phenoxy) is 1. The number of aryl methyl sites for hydroxylation is 1. The van der Waals surface area contributed by atoms with Crippen LogP contribution in [0.4, 0.5) is 0 Å². The van der Waals surface area contributed by atoms with E-state index in [2.05, 4.69) is 16.0 Å². The predicted octanol–water partition coefficient (Wildman–Crippen LogP) is 0.681. The van der Waals surface area contributed by atoms with Gasteiger partial charge < -0.3 is 9.64 Å². The molecule has 0 atom stereocenters. The second kappa shape index (κ2) is 6.63. The fourth-order valence-corrected chi connectivity index (χ4v) is 2.26. The number of rotatable bonds is 5. The first-order valence-corrected chi connectivity index (χ1v) is 6.60. The van der Waals surface area contributed by atoms with Crippen molar-refractivity contribution < 1.29 is 9.53 Å². The Balaban J connectivity index is 1.88. The van der Waals surface area contributed by atoms with Crippen LogP contribution in [0.3, 0.4) is 0 Å². The molecule has 0 aromatic carbocycles. The van der Waals surface area contributed by atoms with Crippen LogP contribution < -0.4 is 0 Å². The minimum absolute atomic E-state index is 0.185. The molecular formula is C14H21N3O2. The van der Waals surface area contributed by atoms with Crippen LogP contribution in [-0.2, 0) is 16.1 Å². The minimum Gasteiger partial charge on any atom is -0.383 e. The molecule has 1 aromatic rings. The molecule has 19 heavy (non-hydrogen) atoms. The second-order valence-electron chi connectivity index (χ2n) is 4.83. The molecule has 0 spiro atoms. The van der Waals surface area contributed by atoms with Gasteiger partial charge in [-0.2, -0.15) is 0 Å². The fourth-order valence-electron chi connectivity index (χ4n) is 2.26. The van der Waals surface area contributed by atoms with E-state index in [0.717, 1.165) is 25.3 Å². The van der Waals surface area contributed by atoms with E-state index in [1.807, 2.05) is 17.9 Å². The number of methoxy groups -OCH3 is 1. The van der Waals surface area contributed by atoms with E-state index in [1.54, 1.807) is 13.3 Å². The molecule has 0 radical (unpaired) electrons. The number of hydrogen-bond acceptors (Lipinski definition) is 4. The van der Waals surface area contributed by atoms with E-state index >= 15 is 0 Å². The van der Waals surface area contributed by atoms with Crippen LogP contribution in [0.15, 0.2) is 18.3 Å². The molecule has 0 bridgehead atoms. The van der Waals surface area contributed by atoms with Gasteiger partial charge in [0.25, 0.3) is 0 Å². The Kier molecular flexibility index (Phi) is 4.87. The van der Waals surface area contributed by atoms with Crippen molar-refractivity contribution in [2.45, 2.75) is 13.5 Å². The molecule has 5 heteroatoms. The van der Waals surface area contributed by atoms with Crippen LogP contribution in [0, 0.1) is 6.92 Å². The molecule has 0 N–H and O–H groups in total.